The highest BCUT2D eigenvalue weighted by molar-refractivity contribution is 6.32. The standard InChI is InChI=1S/C11H13ClO2/c1-8(13)3-4-9-5-6-11(14-2)10(12)7-9/h3-8,13H,1-2H3/b4-3+. The summed E-state index contributed by atoms with van der Waals surface area (Å²) in [6.45, 7) is 1.70. The molecule has 1 atom stereocenters. The number of rotatable bonds is 3. The van der Waals surface area contributed by atoms with E-state index in [-0.39, 0.29) is 0 Å². The zero-order valence-electron chi connectivity index (χ0n) is 8.20. The maximum atomic E-state index is 9.04. The van der Waals surface area contributed by atoms with Gasteiger partial charge in [-0.25, -0.2) is 0 Å². The fraction of sp³-hybridized carbons (Fsp3) is 0.273. The Morgan fingerprint density at radius 3 is 2.71 bits per heavy atom. The summed E-state index contributed by atoms with van der Waals surface area (Å²) in [5.74, 6) is 0.654. The quantitative estimate of drug-likeness (QED) is 0.835. The van der Waals surface area contributed by atoms with Gasteiger partial charge in [0.2, 0.25) is 0 Å². The molecule has 0 heterocycles. The van der Waals surface area contributed by atoms with Crippen molar-refractivity contribution in [1.82, 2.24) is 0 Å². The van der Waals surface area contributed by atoms with Crippen LogP contribution in [-0.2, 0) is 0 Å². The zero-order valence-corrected chi connectivity index (χ0v) is 8.95. The molecule has 3 heteroatoms. The van der Waals surface area contributed by atoms with Crippen molar-refractivity contribution in [2.45, 2.75) is 13.0 Å². The molecule has 1 aromatic carbocycles. The van der Waals surface area contributed by atoms with Crippen molar-refractivity contribution < 1.29 is 9.84 Å². The summed E-state index contributed by atoms with van der Waals surface area (Å²) < 4.78 is 5.02. The monoisotopic (exact) mass is 212 g/mol. The minimum absolute atomic E-state index is 0.448. The van der Waals surface area contributed by atoms with Gasteiger partial charge in [-0.3, -0.25) is 0 Å². The minimum Gasteiger partial charge on any atom is -0.495 e. The van der Waals surface area contributed by atoms with Gasteiger partial charge in [-0.15, -0.1) is 0 Å². The topological polar surface area (TPSA) is 29.5 Å². The van der Waals surface area contributed by atoms with Gasteiger partial charge in [0, 0.05) is 0 Å². The molecule has 2 nitrogen and oxygen atoms in total. The molecule has 0 aliphatic heterocycles. The van der Waals surface area contributed by atoms with Gasteiger partial charge in [0.15, 0.2) is 0 Å². The lowest BCUT2D eigenvalue weighted by molar-refractivity contribution is 0.245. The van der Waals surface area contributed by atoms with Crippen LogP contribution in [0.15, 0.2) is 24.3 Å². The van der Waals surface area contributed by atoms with Crippen molar-refractivity contribution in [2.24, 2.45) is 0 Å². The fourth-order valence-electron chi connectivity index (χ4n) is 1.04. The smallest absolute Gasteiger partial charge is 0.137 e. The molecule has 0 spiro atoms. The predicted molar refractivity (Wildman–Crippen MR) is 58.7 cm³/mol. The van der Waals surface area contributed by atoms with Crippen molar-refractivity contribution in [3.8, 4) is 5.75 Å². The molecule has 14 heavy (non-hydrogen) atoms. The third-order valence-electron chi connectivity index (χ3n) is 1.74. The zero-order chi connectivity index (χ0) is 10.6. The van der Waals surface area contributed by atoms with Gasteiger partial charge in [-0.1, -0.05) is 29.8 Å². The molecule has 0 saturated heterocycles. The van der Waals surface area contributed by atoms with Gasteiger partial charge in [-0.2, -0.15) is 0 Å². The molecular formula is C11H13ClO2. The summed E-state index contributed by atoms with van der Waals surface area (Å²) in [6, 6.07) is 5.47. The van der Waals surface area contributed by atoms with Crippen molar-refractivity contribution in [3.63, 3.8) is 0 Å². The molecule has 0 aliphatic carbocycles. The van der Waals surface area contributed by atoms with Crippen molar-refractivity contribution in [2.75, 3.05) is 7.11 Å². The normalized spacial score (nSPS) is 13.1. The Morgan fingerprint density at radius 2 is 2.21 bits per heavy atom. The van der Waals surface area contributed by atoms with Crippen LogP contribution in [0.2, 0.25) is 5.02 Å². The molecule has 1 N–H and O–H groups in total. The first-order valence-corrected chi connectivity index (χ1v) is 4.71. The van der Waals surface area contributed by atoms with E-state index in [0.29, 0.717) is 10.8 Å². The first-order valence-electron chi connectivity index (χ1n) is 4.33. The van der Waals surface area contributed by atoms with Crippen molar-refractivity contribution in [1.29, 1.82) is 0 Å². The van der Waals surface area contributed by atoms with E-state index in [1.807, 2.05) is 12.1 Å². The number of ether oxygens (including phenoxy) is 1. The molecule has 0 amide bonds. The Bertz CT molecular complexity index is 332. The Morgan fingerprint density at radius 1 is 1.50 bits per heavy atom. The van der Waals surface area contributed by atoms with Crippen LogP contribution in [0.1, 0.15) is 12.5 Å². The highest BCUT2D eigenvalue weighted by Crippen LogP contribution is 2.25. The minimum atomic E-state index is -0.448. The maximum absolute atomic E-state index is 9.04. The van der Waals surface area contributed by atoms with Crippen LogP contribution < -0.4 is 4.74 Å². The maximum Gasteiger partial charge on any atom is 0.137 e. The van der Waals surface area contributed by atoms with Crippen LogP contribution in [0.3, 0.4) is 0 Å². The predicted octanol–water partition coefficient (Wildman–Crippen LogP) is 2.74. The van der Waals surface area contributed by atoms with Gasteiger partial charge in [0.1, 0.15) is 5.75 Å². The Balaban J connectivity index is 2.86. The van der Waals surface area contributed by atoms with Crippen LogP contribution >= 0.6 is 11.6 Å². The van der Waals surface area contributed by atoms with Crippen LogP contribution in [0.5, 0.6) is 5.75 Å². The van der Waals surface area contributed by atoms with Gasteiger partial charge < -0.3 is 9.84 Å². The summed E-state index contributed by atoms with van der Waals surface area (Å²) >= 11 is 5.92. The molecular weight excluding hydrogens is 200 g/mol. The second-order valence-electron chi connectivity index (χ2n) is 2.99. The second kappa shape index (κ2) is 5.03. The van der Waals surface area contributed by atoms with E-state index in [0.717, 1.165) is 5.56 Å². The summed E-state index contributed by atoms with van der Waals surface area (Å²) in [4.78, 5) is 0. The van der Waals surface area contributed by atoms with Gasteiger partial charge in [0.05, 0.1) is 18.2 Å². The van der Waals surface area contributed by atoms with Crippen LogP contribution in [-0.4, -0.2) is 18.3 Å². The molecule has 0 bridgehead atoms. The number of methoxy groups -OCH3 is 1. The first-order chi connectivity index (χ1) is 6.63. The van der Waals surface area contributed by atoms with Crippen molar-refractivity contribution >= 4 is 17.7 Å². The number of hydrogen-bond acceptors (Lipinski definition) is 2. The van der Waals surface area contributed by atoms with Gasteiger partial charge in [-0.05, 0) is 24.6 Å². The van der Waals surface area contributed by atoms with Gasteiger partial charge >= 0.3 is 0 Å². The summed E-state index contributed by atoms with van der Waals surface area (Å²) in [7, 11) is 1.58. The largest absolute Gasteiger partial charge is 0.495 e. The molecule has 0 saturated carbocycles. The van der Waals surface area contributed by atoms with E-state index in [2.05, 4.69) is 0 Å². The van der Waals surface area contributed by atoms with E-state index < -0.39 is 6.10 Å². The van der Waals surface area contributed by atoms with E-state index in [1.165, 1.54) is 0 Å². The first kappa shape index (κ1) is 11.1. The highest BCUT2D eigenvalue weighted by Gasteiger charge is 1.99. The van der Waals surface area contributed by atoms with Crippen LogP contribution in [0.4, 0.5) is 0 Å². The number of aliphatic hydroxyl groups excluding tert-OH is 1. The highest BCUT2D eigenvalue weighted by atomic mass is 35.5. The third-order valence-corrected chi connectivity index (χ3v) is 2.04. The Hall–Kier alpha value is -0.990. The van der Waals surface area contributed by atoms with E-state index in [1.54, 1.807) is 32.2 Å². The number of benzene rings is 1. The average molecular weight is 213 g/mol. The molecule has 1 unspecified atom stereocenters. The van der Waals surface area contributed by atoms with Gasteiger partial charge in [0.25, 0.3) is 0 Å². The van der Waals surface area contributed by atoms with E-state index in [4.69, 9.17) is 21.4 Å². The van der Waals surface area contributed by atoms with E-state index in [9.17, 15) is 0 Å². The molecule has 0 aromatic heterocycles. The molecule has 0 aliphatic rings. The van der Waals surface area contributed by atoms with Crippen molar-refractivity contribution in [3.05, 3.63) is 34.9 Å². The Kier molecular flexibility index (Phi) is 3.98. The Labute approximate surface area is 88.8 Å². The van der Waals surface area contributed by atoms with Crippen LogP contribution in [0.25, 0.3) is 6.08 Å². The SMILES string of the molecule is COc1ccc(/C=C/C(C)O)cc1Cl. The molecule has 1 aromatic rings. The fourth-order valence-corrected chi connectivity index (χ4v) is 1.30. The lowest BCUT2D eigenvalue weighted by atomic mass is 10.2. The lowest BCUT2D eigenvalue weighted by Crippen LogP contribution is -1.91. The molecule has 1 rings (SSSR count). The average Bonchev–Trinajstić information content (AvgIpc) is 2.15. The second-order valence-corrected chi connectivity index (χ2v) is 3.40. The number of aliphatic hydroxyl groups is 1. The van der Waals surface area contributed by atoms with E-state index >= 15 is 0 Å². The molecule has 76 valence electrons. The van der Waals surface area contributed by atoms with Crippen LogP contribution in [0, 0.1) is 0 Å². The summed E-state index contributed by atoms with van der Waals surface area (Å²) in [5.41, 5.74) is 0.941. The summed E-state index contributed by atoms with van der Waals surface area (Å²) in [6.07, 6.45) is 3.06. The number of halogens is 1. The summed E-state index contributed by atoms with van der Waals surface area (Å²) in [5, 5.41) is 9.61. The molecule has 0 radical (unpaired) electrons. The number of hydrogen-bond donors (Lipinski definition) is 1. The lowest BCUT2D eigenvalue weighted by Gasteiger charge is -2.03. The molecule has 0 fully saturated rings. The third kappa shape index (κ3) is 3.05.